The van der Waals surface area contributed by atoms with Crippen molar-refractivity contribution in [3.05, 3.63) is 146 Å². The highest BCUT2D eigenvalue weighted by Crippen LogP contribution is 2.45. The summed E-state index contributed by atoms with van der Waals surface area (Å²) >= 11 is 1.84. The Morgan fingerprint density at radius 3 is 1.96 bits per heavy atom. The highest BCUT2D eigenvalue weighted by Gasteiger charge is 2.22. The van der Waals surface area contributed by atoms with Gasteiger partial charge in [-0.1, -0.05) is 121 Å². The van der Waals surface area contributed by atoms with Crippen molar-refractivity contribution in [2.24, 2.45) is 0 Å². The van der Waals surface area contributed by atoms with Crippen LogP contribution >= 0.6 is 11.3 Å². The summed E-state index contributed by atoms with van der Waals surface area (Å²) in [6.45, 7) is 0. The van der Waals surface area contributed by atoms with Gasteiger partial charge in [-0.15, -0.1) is 11.3 Å². The van der Waals surface area contributed by atoms with E-state index in [1.165, 1.54) is 30.9 Å². The first-order chi connectivity index (χ1) is 23.8. The molecule has 4 aromatic heterocycles. The second kappa shape index (κ2) is 10.7. The Kier molecular flexibility index (Phi) is 5.98. The number of pyridine rings is 1. The van der Waals surface area contributed by atoms with E-state index in [4.69, 9.17) is 24.4 Å². The van der Waals surface area contributed by atoms with Gasteiger partial charge in [0.1, 0.15) is 11.1 Å². The number of furan rings is 1. The Balaban J connectivity index is 1.22. The Bertz CT molecular complexity index is 2780. The summed E-state index contributed by atoms with van der Waals surface area (Å²) in [5.74, 6) is 1.80. The fraction of sp³-hybridized carbons (Fsp3) is 0. The highest BCUT2D eigenvalue weighted by molar-refractivity contribution is 7.26. The van der Waals surface area contributed by atoms with Gasteiger partial charge in [0.25, 0.3) is 0 Å². The standard InChI is InChI=1S/C42H24N4OS/c1-3-12-26(13-4-1)40-44-41(27-14-5-2-6-15-27)46-42(45-40)32-18-9-19-33-36(32)37-38(47-33)30(23-24-43-37)29-17-10-20-34-35(29)31-22-21-25-11-7-8-16-28(25)39(31)48-34/h1-24H. The van der Waals surface area contributed by atoms with Crippen molar-refractivity contribution in [3.63, 3.8) is 0 Å². The van der Waals surface area contributed by atoms with Crippen molar-refractivity contribution >= 4 is 64.4 Å². The van der Waals surface area contributed by atoms with Crippen LogP contribution in [0, 0.1) is 0 Å². The molecule has 0 aliphatic rings. The van der Waals surface area contributed by atoms with Gasteiger partial charge in [0, 0.05) is 48.6 Å². The molecule has 0 N–H and O–H groups in total. The molecule has 0 saturated heterocycles. The van der Waals surface area contributed by atoms with Crippen molar-refractivity contribution in [3.8, 4) is 45.3 Å². The third-order valence-electron chi connectivity index (χ3n) is 9.00. The SMILES string of the molecule is c1ccc(-c2nc(-c3ccccc3)nc(-c3cccc4oc5c(-c6cccc7sc8c9ccccc9ccc8c67)ccnc5c34)n2)cc1. The van der Waals surface area contributed by atoms with Crippen LogP contribution in [0.15, 0.2) is 150 Å². The highest BCUT2D eigenvalue weighted by atomic mass is 32.1. The summed E-state index contributed by atoms with van der Waals surface area (Å²) in [5.41, 5.74) is 7.08. The summed E-state index contributed by atoms with van der Waals surface area (Å²) in [4.78, 5) is 19.8. The zero-order chi connectivity index (χ0) is 31.6. The summed E-state index contributed by atoms with van der Waals surface area (Å²) in [5, 5.41) is 5.88. The summed E-state index contributed by atoms with van der Waals surface area (Å²) in [6, 6.07) is 47.8. The molecule has 10 rings (SSSR count). The number of hydrogen-bond donors (Lipinski definition) is 0. The van der Waals surface area contributed by atoms with Crippen molar-refractivity contribution < 1.29 is 4.42 Å². The largest absolute Gasteiger partial charge is 0.454 e. The third-order valence-corrected chi connectivity index (χ3v) is 10.2. The van der Waals surface area contributed by atoms with Gasteiger partial charge in [-0.05, 0) is 34.5 Å². The van der Waals surface area contributed by atoms with E-state index < -0.39 is 0 Å². The van der Waals surface area contributed by atoms with Crippen LogP contribution in [-0.4, -0.2) is 19.9 Å². The van der Waals surface area contributed by atoms with Gasteiger partial charge in [0.15, 0.2) is 23.1 Å². The number of hydrogen-bond acceptors (Lipinski definition) is 6. The zero-order valence-corrected chi connectivity index (χ0v) is 26.3. The molecule has 6 heteroatoms. The van der Waals surface area contributed by atoms with Crippen molar-refractivity contribution in [1.82, 2.24) is 19.9 Å². The summed E-state index contributed by atoms with van der Waals surface area (Å²) < 4.78 is 9.25. The molecule has 6 aromatic carbocycles. The molecular formula is C42H24N4OS. The molecule has 0 saturated carbocycles. The molecule has 0 unspecified atom stereocenters. The van der Waals surface area contributed by atoms with Crippen LogP contribution in [0.4, 0.5) is 0 Å². The van der Waals surface area contributed by atoms with Crippen LogP contribution in [0.3, 0.4) is 0 Å². The lowest BCUT2D eigenvalue weighted by Gasteiger charge is -2.09. The molecule has 0 radical (unpaired) electrons. The van der Waals surface area contributed by atoms with E-state index in [2.05, 4.69) is 60.7 Å². The molecule has 0 fully saturated rings. The smallest absolute Gasteiger partial charge is 0.164 e. The lowest BCUT2D eigenvalue weighted by atomic mass is 9.98. The van der Waals surface area contributed by atoms with Crippen LogP contribution in [0.5, 0.6) is 0 Å². The van der Waals surface area contributed by atoms with E-state index >= 15 is 0 Å². The Labute approximate surface area is 278 Å². The number of benzene rings is 6. The van der Waals surface area contributed by atoms with Gasteiger partial charge < -0.3 is 4.42 Å². The molecule has 0 atom stereocenters. The lowest BCUT2D eigenvalue weighted by molar-refractivity contribution is 0.669. The number of fused-ring (bicyclic) bond motifs is 8. The topological polar surface area (TPSA) is 64.7 Å². The van der Waals surface area contributed by atoms with E-state index in [1.807, 2.05) is 96.4 Å². The van der Waals surface area contributed by atoms with Crippen molar-refractivity contribution in [2.75, 3.05) is 0 Å². The minimum atomic E-state index is 0.570. The van der Waals surface area contributed by atoms with Crippen molar-refractivity contribution in [2.45, 2.75) is 0 Å². The maximum Gasteiger partial charge on any atom is 0.164 e. The van der Waals surface area contributed by atoms with Crippen molar-refractivity contribution in [1.29, 1.82) is 0 Å². The average molecular weight is 633 g/mol. The zero-order valence-electron chi connectivity index (χ0n) is 25.5. The number of aromatic nitrogens is 4. The van der Waals surface area contributed by atoms with Crippen LogP contribution in [0.25, 0.3) is 98.3 Å². The molecule has 0 spiro atoms. The lowest BCUT2D eigenvalue weighted by Crippen LogP contribution is -2.00. The van der Waals surface area contributed by atoms with Crippen LogP contribution in [-0.2, 0) is 0 Å². The molecule has 0 aliphatic heterocycles. The first-order valence-electron chi connectivity index (χ1n) is 15.8. The second-order valence-corrected chi connectivity index (χ2v) is 12.9. The van der Waals surface area contributed by atoms with Gasteiger partial charge in [-0.2, -0.15) is 0 Å². The van der Waals surface area contributed by atoms with E-state index in [9.17, 15) is 0 Å². The van der Waals surface area contributed by atoms with Crippen LogP contribution in [0.2, 0.25) is 0 Å². The van der Waals surface area contributed by atoms with E-state index in [0.717, 1.165) is 49.9 Å². The minimum absolute atomic E-state index is 0.570. The maximum atomic E-state index is 6.71. The van der Waals surface area contributed by atoms with Gasteiger partial charge in [0.05, 0.1) is 5.39 Å². The van der Waals surface area contributed by atoms with Crippen LogP contribution < -0.4 is 0 Å². The molecule has 10 aromatic rings. The number of thiophene rings is 1. The van der Waals surface area contributed by atoms with Crippen LogP contribution in [0.1, 0.15) is 0 Å². The molecule has 0 amide bonds. The normalized spacial score (nSPS) is 11.8. The molecule has 0 aliphatic carbocycles. The second-order valence-electron chi connectivity index (χ2n) is 11.8. The monoisotopic (exact) mass is 632 g/mol. The average Bonchev–Trinajstić information content (AvgIpc) is 3.74. The molecule has 5 nitrogen and oxygen atoms in total. The molecular weight excluding hydrogens is 609 g/mol. The molecule has 48 heavy (non-hydrogen) atoms. The summed E-state index contributed by atoms with van der Waals surface area (Å²) in [7, 11) is 0. The molecule has 224 valence electrons. The van der Waals surface area contributed by atoms with E-state index in [-0.39, 0.29) is 0 Å². The van der Waals surface area contributed by atoms with Gasteiger partial charge >= 0.3 is 0 Å². The Hall–Kier alpha value is -6.24. The molecule has 4 heterocycles. The maximum absolute atomic E-state index is 6.71. The predicted octanol–water partition coefficient (Wildman–Crippen LogP) is 11.4. The van der Waals surface area contributed by atoms with E-state index in [0.29, 0.717) is 17.5 Å². The third kappa shape index (κ3) is 4.16. The predicted molar refractivity (Wildman–Crippen MR) is 197 cm³/mol. The van der Waals surface area contributed by atoms with Gasteiger partial charge in [-0.3, -0.25) is 4.98 Å². The molecule has 0 bridgehead atoms. The quantitative estimate of drug-likeness (QED) is 0.193. The minimum Gasteiger partial charge on any atom is -0.454 e. The first-order valence-corrected chi connectivity index (χ1v) is 16.6. The van der Waals surface area contributed by atoms with Gasteiger partial charge in [-0.25, -0.2) is 15.0 Å². The number of nitrogens with zero attached hydrogens (tertiary/aromatic N) is 4. The Morgan fingerprint density at radius 1 is 0.479 bits per heavy atom. The van der Waals surface area contributed by atoms with Gasteiger partial charge in [0.2, 0.25) is 0 Å². The first kappa shape index (κ1) is 26.9. The number of rotatable bonds is 4. The fourth-order valence-electron chi connectivity index (χ4n) is 6.81. The fourth-order valence-corrected chi connectivity index (χ4v) is 8.07. The van der Waals surface area contributed by atoms with E-state index in [1.54, 1.807) is 0 Å². The summed E-state index contributed by atoms with van der Waals surface area (Å²) in [6.07, 6.45) is 1.88. The Morgan fingerprint density at radius 2 is 1.17 bits per heavy atom.